The number of halogens is 1. The number of hydrogen-bond acceptors (Lipinski definition) is 2. The fraction of sp³-hybridized carbons (Fsp3) is 0.300. The molecule has 0 aromatic heterocycles. The number of ketones is 1. The van der Waals surface area contributed by atoms with Crippen molar-refractivity contribution in [3.8, 4) is 0 Å². The summed E-state index contributed by atoms with van der Waals surface area (Å²) in [4.78, 5) is 12.5. The highest BCUT2D eigenvalue weighted by molar-refractivity contribution is 9.10. The van der Waals surface area contributed by atoms with Gasteiger partial charge in [-0.2, -0.15) is 0 Å². The van der Waals surface area contributed by atoms with Crippen LogP contribution in [0.25, 0.3) is 0 Å². The van der Waals surface area contributed by atoms with Crippen LogP contribution in [-0.2, 0) is 0 Å². The molecule has 70 valence electrons. The Morgan fingerprint density at radius 1 is 1.54 bits per heavy atom. The Labute approximate surface area is 91.0 Å². The maximum atomic E-state index is 11.3. The number of thioether (sulfide) groups is 1. The van der Waals surface area contributed by atoms with Crippen LogP contribution in [-0.4, -0.2) is 12.0 Å². The van der Waals surface area contributed by atoms with E-state index in [2.05, 4.69) is 15.9 Å². The number of hydrogen-bond donors (Lipinski definition) is 0. The van der Waals surface area contributed by atoms with E-state index >= 15 is 0 Å². The van der Waals surface area contributed by atoms with Crippen molar-refractivity contribution in [3.63, 3.8) is 0 Å². The second kappa shape index (κ2) is 4.82. The molecule has 0 amide bonds. The van der Waals surface area contributed by atoms with Crippen LogP contribution in [0.15, 0.2) is 27.6 Å². The highest BCUT2D eigenvalue weighted by Gasteiger charge is 2.05. The zero-order valence-electron chi connectivity index (χ0n) is 7.63. The fourth-order valence-electron chi connectivity index (χ4n) is 1.04. The molecule has 1 nitrogen and oxygen atoms in total. The third-order valence-corrected chi connectivity index (χ3v) is 3.51. The summed E-state index contributed by atoms with van der Waals surface area (Å²) in [6, 6.07) is 5.73. The molecular weight excluding hydrogens is 248 g/mol. The third kappa shape index (κ3) is 2.58. The first kappa shape index (κ1) is 10.8. The van der Waals surface area contributed by atoms with Gasteiger partial charge in [0.25, 0.3) is 0 Å². The molecule has 1 aromatic carbocycles. The van der Waals surface area contributed by atoms with Gasteiger partial charge in [0.2, 0.25) is 0 Å². The summed E-state index contributed by atoms with van der Waals surface area (Å²) in [5.41, 5.74) is 0.784. The van der Waals surface area contributed by atoms with Crippen molar-refractivity contribution in [1.29, 1.82) is 0 Å². The number of carbonyl (C=O) groups excluding carboxylic acids is 1. The number of benzene rings is 1. The van der Waals surface area contributed by atoms with Gasteiger partial charge < -0.3 is 0 Å². The maximum absolute atomic E-state index is 11.3. The molecule has 1 rings (SSSR count). The van der Waals surface area contributed by atoms with Gasteiger partial charge in [-0.3, -0.25) is 4.79 Å². The lowest BCUT2D eigenvalue weighted by atomic mass is 10.1. The van der Waals surface area contributed by atoms with E-state index in [0.29, 0.717) is 6.42 Å². The van der Waals surface area contributed by atoms with Gasteiger partial charge in [0, 0.05) is 21.4 Å². The van der Waals surface area contributed by atoms with Crippen LogP contribution in [0.1, 0.15) is 23.7 Å². The van der Waals surface area contributed by atoms with Gasteiger partial charge in [0.05, 0.1) is 0 Å². The molecule has 0 saturated heterocycles. The molecule has 0 saturated carbocycles. The summed E-state index contributed by atoms with van der Waals surface area (Å²) in [6.45, 7) is 1.87. The van der Waals surface area contributed by atoms with Crippen LogP contribution in [0.3, 0.4) is 0 Å². The zero-order chi connectivity index (χ0) is 9.84. The largest absolute Gasteiger partial charge is 0.294 e. The van der Waals surface area contributed by atoms with E-state index in [1.807, 2.05) is 31.4 Å². The van der Waals surface area contributed by atoms with Crippen molar-refractivity contribution in [2.24, 2.45) is 0 Å². The minimum Gasteiger partial charge on any atom is -0.294 e. The van der Waals surface area contributed by atoms with E-state index in [0.717, 1.165) is 14.9 Å². The summed E-state index contributed by atoms with van der Waals surface area (Å²) in [5, 5.41) is 0. The van der Waals surface area contributed by atoms with Gasteiger partial charge in [-0.15, -0.1) is 11.8 Å². The van der Waals surface area contributed by atoms with Gasteiger partial charge in [0.15, 0.2) is 5.78 Å². The van der Waals surface area contributed by atoms with E-state index in [9.17, 15) is 4.79 Å². The van der Waals surface area contributed by atoms with Crippen molar-refractivity contribution >= 4 is 33.5 Å². The number of Topliss-reactive ketones (excluding diaryl/α,β-unsaturated/α-hetero) is 1. The van der Waals surface area contributed by atoms with E-state index in [4.69, 9.17) is 0 Å². The minimum atomic E-state index is 0.188. The van der Waals surface area contributed by atoms with Crippen molar-refractivity contribution in [2.75, 3.05) is 6.26 Å². The van der Waals surface area contributed by atoms with Crippen LogP contribution in [0, 0.1) is 0 Å². The topological polar surface area (TPSA) is 17.1 Å². The summed E-state index contributed by atoms with van der Waals surface area (Å²) >= 11 is 5.10. The molecule has 0 aliphatic carbocycles. The first-order valence-electron chi connectivity index (χ1n) is 4.05. The highest BCUT2D eigenvalue weighted by Crippen LogP contribution is 2.26. The van der Waals surface area contributed by atoms with Crippen LogP contribution >= 0.6 is 27.7 Å². The molecule has 0 aliphatic rings. The molecule has 0 fully saturated rings. The van der Waals surface area contributed by atoms with Crippen LogP contribution in [0.5, 0.6) is 0 Å². The summed E-state index contributed by atoms with van der Waals surface area (Å²) in [6.07, 6.45) is 2.58. The lowest BCUT2D eigenvalue weighted by molar-refractivity contribution is 0.0988. The lowest BCUT2D eigenvalue weighted by Gasteiger charge is -2.02. The molecule has 0 N–H and O–H groups in total. The smallest absolute Gasteiger partial charge is 0.162 e. The fourth-order valence-corrected chi connectivity index (χ4v) is 2.37. The summed E-state index contributed by atoms with van der Waals surface area (Å²) in [5.74, 6) is 0.188. The van der Waals surface area contributed by atoms with E-state index in [1.54, 1.807) is 11.8 Å². The summed E-state index contributed by atoms with van der Waals surface area (Å²) in [7, 11) is 0. The average Bonchev–Trinajstić information content (AvgIpc) is 2.16. The van der Waals surface area contributed by atoms with E-state index in [1.165, 1.54) is 0 Å². The lowest BCUT2D eigenvalue weighted by Crippen LogP contribution is -1.95. The van der Waals surface area contributed by atoms with Crippen molar-refractivity contribution < 1.29 is 4.79 Å². The molecule has 0 radical (unpaired) electrons. The Morgan fingerprint density at radius 3 is 2.69 bits per heavy atom. The predicted octanol–water partition coefficient (Wildman–Crippen LogP) is 3.76. The van der Waals surface area contributed by atoms with Crippen molar-refractivity contribution in [1.82, 2.24) is 0 Å². The van der Waals surface area contributed by atoms with E-state index < -0.39 is 0 Å². The molecule has 0 heterocycles. The second-order valence-corrected chi connectivity index (χ2v) is 4.33. The molecule has 1 aromatic rings. The molecule has 0 unspecified atom stereocenters. The average molecular weight is 259 g/mol. The van der Waals surface area contributed by atoms with Crippen LogP contribution in [0.4, 0.5) is 0 Å². The van der Waals surface area contributed by atoms with Crippen molar-refractivity contribution in [2.45, 2.75) is 18.2 Å². The number of carbonyl (C=O) groups is 1. The third-order valence-electron chi connectivity index (χ3n) is 1.79. The molecule has 0 spiro atoms. The quantitative estimate of drug-likeness (QED) is 0.607. The van der Waals surface area contributed by atoms with Crippen molar-refractivity contribution in [3.05, 3.63) is 28.2 Å². The Kier molecular flexibility index (Phi) is 4.00. The van der Waals surface area contributed by atoms with Gasteiger partial charge in [-0.05, 0) is 34.3 Å². The highest BCUT2D eigenvalue weighted by atomic mass is 79.9. The Bertz CT molecular complexity index is 323. The standard InChI is InChI=1S/C10H11BrOS/c1-3-9(12)7-4-5-10(13-2)8(11)6-7/h4-6H,3H2,1-2H3. The maximum Gasteiger partial charge on any atom is 0.162 e. The molecule has 3 heteroatoms. The molecule has 0 aliphatic heterocycles. The first-order chi connectivity index (χ1) is 6.19. The molecule has 0 atom stereocenters. The van der Waals surface area contributed by atoms with Gasteiger partial charge in [-0.1, -0.05) is 13.0 Å². The van der Waals surface area contributed by atoms with Gasteiger partial charge in [-0.25, -0.2) is 0 Å². The second-order valence-electron chi connectivity index (χ2n) is 2.63. The van der Waals surface area contributed by atoms with Crippen LogP contribution < -0.4 is 0 Å². The number of rotatable bonds is 3. The van der Waals surface area contributed by atoms with Gasteiger partial charge >= 0.3 is 0 Å². The Balaban J connectivity index is 3.02. The first-order valence-corrected chi connectivity index (χ1v) is 6.07. The molecule has 0 bridgehead atoms. The molecule has 13 heavy (non-hydrogen) atoms. The normalized spacial score (nSPS) is 10.1. The zero-order valence-corrected chi connectivity index (χ0v) is 10.0. The van der Waals surface area contributed by atoms with E-state index in [-0.39, 0.29) is 5.78 Å². The van der Waals surface area contributed by atoms with Crippen LogP contribution in [0.2, 0.25) is 0 Å². The Morgan fingerprint density at radius 2 is 2.23 bits per heavy atom. The minimum absolute atomic E-state index is 0.188. The Hall–Kier alpha value is -0.280. The predicted molar refractivity (Wildman–Crippen MR) is 60.5 cm³/mol. The SMILES string of the molecule is CCC(=O)c1ccc(SC)c(Br)c1. The monoisotopic (exact) mass is 258 g/mol. The summed E-state index contributed by atoms with van der Waals surface area (Å²) < 4.78 is 0.999. The van der Waals surface area contributed by atoms with Gasteiger partial charge in [0.1, 0.15) is 0 Å². The molecular formula is C10H11BrOS.